The molecule has 0 bridgehead atoms. The van der Waals surface area contributed by atoms with Crippen molar-refractivity contribution in [2.24, 2.45) is 11.3 Å². The highest BCUT2D eigenvalue weighted by Crippen LogP contribution is 2.49. The normalized spacial score (nSPS) is 26.5. The molecule has 156 valence electrons. The zero-order chi connectivity index (χ0) is 20.2. The third-order valence-corrected chi connectivity index (χ3v) is 6.36. The molecule has 2 saturated heterocycles. The Morgan fingerprint density at radius 2 is 2.07 bits per heavy atom. The minimum atomic E-state index is -0.364. The first-order chi connectivity index (χ1) is 13.3. The van der Waals surface area contributed by atoms with E-state index in [-0.39, 0.29) is 22.9 Å². The number of rotatable bonds is 7. The summed E-state index contributed by atoms with van der Waals surface area (Å²) >= 11 is 0. The van der Waals surface area contributed by atoms with Gasteiger partial charge in [-0.2, -0.15) is 0 Å². The van der Waals surface area contributed by atoms with Crippen LogP contribution in [0, 0.1) is 11.3 Å². The number of pyridine rings is 1. The summed E-state index contributed by atoms with van der Waals surface area (Å²) in [6.45, 7) is 12.8. The number of hydrogen-bond acceptors (Lipinski definition) is 5. The summed E-state index contributed by atoms with van der Waals surface area (Å²) in [5.41, 5.74) is -0.0328. The van der Waals surface area contributed by atoms with Crippen LogP contribution in [0.5, 0.6) is 0 Å². The van der Waals surface area contributed by atoms with Crippen LogP contribution in [-0.4, -0.2) is 60.2 Å². The van der Waals surface area contributed by atoms with Crippen LogP contribution in [0.25, 0.3) is 0 Å². The predicted molar refractivity (Wildman–Crippen MR) is 111 cm³/mol. The molecule has 5 nitrogen and oxygen atoms in total. The molecule has 2 fully saturated rings. The summed E-state index contributed by atoms with van der Waals surface area (Å²) in [6, 6.07) is 5.65. The first-order valence-corrected chi connectivity index (χ1v) is 10.8. The van der Waals surface area contributed by atoms with Crippen LogP contribution < -0.4 is 0 Å². The molecule has 0 radical (unpaired) electrons. The lowest BCUT2D eigenvalue weighted by Gasteiger charge is -2.50. The fourth-order valence-corrected chi connectivity index (χ4v) is 5.02. The average molecular weight is 389 g/mol. The van der Waals surface area contributed by atoms with Gasteiger partial charge in [0.15, 0.2) is 5.78 Å². The van der Waals surface area contributed by atoms with Gasteiger partial charge in [-0.25, -0.2) is 0 Å². The summed E-state index contributed by atoms with van der Waals surface area (Å²) < 4.78 is 11.7. The van der Waals surface area contributed by atoms with Crippen LogP contribution >= 0.6 is 0 Å². The predicted octanol–water partition coefficient (Wildman–Crippen LogP) is 3.98. The Labute approximate surface area is 169 Å². The molecule has 3 heterocycles. The monoisotopic (exact) mass is 388 g/mol. The van der Waals surface area contributed by atoms with Crippen LogP contribution in [-0.2, 0) is 9.47 Å². The number of piperidine rings is 1. The number of nitrogens with zero attached hydrogens (tertiary/aromatic N) is 2. The summed E-state index contributed by atoms with van der Waals surface area (Å²) in [4.78, 5) is 20.6. The van der Waals surface area contributed by atoms with Crippen molar-refractivity contribution in [2.75, 3.05) is 32.8 Å². The largest absolute Gasteiger partial charge is 0.377 e. The molecule has 0 N–H and O–H groups in total. The van der Waals surface area contributed by atoms with Crippen molar-refractivity contribution in [3.63, 3.8) is 0 Å². The molecule has 1 unspecified atom stereocenters. The second-order valence-corrected chi connectivity index (χ2v) is 9.27. The molecule has 1 aromatic heterocycles. The molecular formula is C23H36N2O3. The first kappa shape index (κ1) is 21.4. The summed E-state index contributed by atoms with van der Waals surface area (Å²) in [5, 5.41) is 0. The number of carbonyl (C=O) groups excluding carboxylic acids is 1. The Bertz CT molecular complexity index is 639. The van der Waals surface area contributed by atoms with E-state index < -0.39 is 0 Å². The van der Waals surface area contributed by atoms with Crippen molar-refractivity contribution in [1.29, 1.82) is 0 Å². The first-order valence-electron chi connectivity index (χ1n) is 10.8. The van der Waals surface area contributed by atoms with E-state index in [1.165, 1.54) is 0 Å². The van der Waals surface area contributed by atoms with Crippen LogP contribution in [0.15, 0.2) is 24.4 Å². The summed E-state index contributed by atoms with van der Waals surface area (Å²) in [5.74, 6) is 0.596. The molecule has 3 rings (SSSR count). The van der Waals surface area contributed by atoms with E-state index in [2.05, 4.69) is 37.6 Å². The van der Waals surface area contributed by atoms with Gasteiger partial charge in [-0.1, -0.05) is 6.07 Å². The maximum absolute atomic E-state index is 13.7. The van der Waals surface area contributed by atoms with E-state index in [1.807, 2.05) is 18.2 Å². The van der Waals surface area contributed by atoms with E-state index in [9.17, 15) is 4.79 Å². The smallest absolute Gasteiger partial charge is 0.187 e. The lowest BCUT2D eigenvalue weighted by Crippen LogP contribution is -2.52. The SMILES string of the molecule is CC(C)OCCN1CCC(C2(C(=O)c3ccccn3)CCOC(C)(C)C2)CC1. The number of Topliss-reactive ketones (excluding diaryl/α,β-unsaturated/α-hetero) is 1. The van der Waals surface area contributed by atoms with E-state index in [0.717, 1.165) is 51.9 Å². The van der Waals surface area contributed by atoms with Crippen molar-refractivity contribution in [2.45, 2.75) is 65.1 Å². The standard InChI is InChI=1S/C23H36N2O3/c1-18(2)27-16-14-25-12-8-19(9-13-25)23(10-15-28-22(3,4)17-23)21(26)20-7-5-6-11-24-20/h5-7,11,18-19H,8-10,12-17H2,1-4H3. The average Bonchev–Trinajstić information content (AvgIpc) is 2.67. The highest BCUT2D eigenvalue weighted by Gasteiger charge is 2.52. The molecule has 0 saturated carbocycles. The quantitative estimate of drug-likeness (QED) is 0.662. The molecule has 0 amide bonds. The van der Waals surface area contributed by atoms with E-state index >= 15 is 0 Å². The van der Waals surface area contributed by atoms with Crippen LogP contribution in [0.2, 0.25) is 0 Å². The molecule has 2 aliphatic rings. The number of hydrogen-bond donors (Lipinski definition) is 0. The topological polar surface area (TPSA) is 51.7 Å². The molecule has 0 spiro atoms. The van der Waals surface area contributed by atoms with Gasteiger partial charge in [-0.3, -0.25) is 9.78 Å². The number of likely N-dealkylation sites (tertiary alicyclic amines) is 1. The molecule has 2 aliphatic heterocycles. The molecular weight excluding hydrogens is 352 g/mol. The maximum Gasteiger partial charge on any atom is 0.187 e. The van der Waals surface area contributed by atoms with Gasteiger partial charge >= 0.3 is 0 Å². The van der Waals surface area contributed by atoms with Crippen molar-refractivity contribution < 1.29 is 14.3 Å². The molecule has 1 aromatic rings. The van der Waals surface area contributed by atoms with Crippen LogP contribution in [0.3, 0.4) is 0 Å². The zero-order valence-corrected chi connectivity index (χ0v) is 17.9. The van der Waals surface area contributed by atoms with E-state index in [0.29, 0.717) is 18.2 Å². The minimum absolute atomic E-state index is 0.214. The van der Waals surface area contributed by atoms with Gasteiger partial charge in [0.25, 0.3) is 0 Å². The van der Waals surface area contributed by atoms with Gasteiger partial charge in [0.2, 0.25) is 0 Å². The Morgan fingerprint density at radius 3 is 2.68 bits per heavy atom. The minimum Gasteiger partial charge on any atom is -0.377 e. The van der Waals surface area contributed by atoms with E-state index in [1.54, 1.807) is 6.20 Å². The molecule has 0 aliphatic carbocycles. The van der Waals surface area contributed by atoms with Crippen LogP contribution in [0.4, 0.5) is 0 Å². The Kier molecular flexibility index (Phi) is 6.89. The van der Waals surface area contributed by atoms with Crippen LogP contribution in [0.1, 0.15) is 63.9 Å². The Hall–Kier alpha value is -1.30. The fourth-order valence-electron chi connectivity index (χ4n) is 5.02. The second-order valence-electron chi connectivity index (χ2n) is 9.27. The molecule has 5 heteroatoms. The van der Waals surface area contributed by atoms with Crippen molar-refractivity contribution in [3.05, 3.63) is 30.1 Å². The Balaban J connectivity index is 1.73. The number of ketones is 1. The fraction of sp³-hybridized carbons (Fsp3) is 0.739. The van der Waals surface area contributed by atoms with E-state index in [4.69, 9.17) is 9.47 Å². The second kappa shape index (κ2) is 9.02. The zero-order valence-electron chi connectivity index (χ0n) is 17.9. The number of carbonyl (C=O) groups is 1. The maximum atomic E-state index is 13.7. The highest BCUT2D eigenvalue weighted by atomic mass is 16.5. The van der Waals surface area contributed by atoms with Gasteiger partial charge in [0.1, 0.15) is 5.69 Å². The third kappa shape index (κ3) is 5.00. The molecule has 28 heavy (non-hydrogen) atoms. The van der Waals surface area contributed by atoms with Gasteiger partial charge in [-0.05, 0) is 84.5 Å². The number of aromatic nitrogens is 1. The van der Waals surface area contributed by atoms with Crippen molar-refractivity contribution in [1.82, 2.24) is 9.88 Å². The van der Waals surface area contributed by atoms with Gasteiger partial charge < -0.3 is 14.4 Å². The summed E-state index contributed by atoms with van der Waals surface area (Å²) in [6.07, 6.45) is 5.68. The van der Waals surface area contributed by atoms with Gasteiger partial charge in [-0.15, -0.1) is 0 Å². The molecule has 0 aromatic carbocycles. The molecule has 1 atom stereocenters. The van der Waals surface area contributed by atoms with Gasteiger partial charge in [0, 0.05) is 24.8 Å². The Morgan fingerprint density at radius 1 is 1.32 bits per heavy atom. The lowest BCUT2D eigenvalue weighted by molar-refractivity contribution is -0.114. The number of ether oxygens (including phenoxy) is 2. The third-order valence-electron chi connectivity index (χ3n) is 6.36. The van der Waals surface area contributed by atoms with Gasteiger partial charge in [0.05, 0.1) is 18.3 Å². The lowest BCUT2D eigenvalue weighted by atomic mass is 9.60. The summed E-state index contributed by atoms with van der Waals surface area (Å²) in [7, 11) is 0. The van der Waals surface area contributed by atoms with Crippen molar-refractivity contribution >= 4 is 5.78 Å². The highest BCUT2D eigenvalue weighted by molar-refractivity contribution is 5.99. The van der Waals surface area contributed by atoms with Crippen molar-refractivity contribution in [3.8, 4) is 0 Å².